The molecule has 0 aliphatic heterocycles. The topological polar surface area (TPSA) is 49.8 Å². The zero-order valence-corrected chi connectivity index (χ0v) is 11.4. The molecule has 1 aromatic carbocycles. The summed E-state index contributed by atoms with van der Waals surface area (Å²) in [4.78, 5) is 8.18. The van der Waals surface area contributed by atoms with Gasteiger partial charge in [-0.3, -0.25) is 4.98 Å². The third-order valence-electron chi connectivity index (χ3n) is 2.73. The second kappa shape index (κ2) is 6.27. The van der Waals surface area contributed by atoms with Gasteiger partial charge in [-0.15, -0.1) is 0 Å². The highest BCUT2D eigenvalue weighted by molar-refractivity contribution is 5.59. The first kappa shape index (κ1) is 14.2. The molecule has 1 aromatic heterocycles. The third kappa shape index (κ3) is 3.20. The smallest absolute Gasteiger partial charge is 0.152 e. The zero-order chi connectivity index (χ0) is 14.5. The van der Waals surface area contributed by atoms with E-state index in [4.69, 9.17) is 0 Å². The fourth-order valence-corrected chi connectivity index (χ4v) is 1.66. The highest BCUT2D eigenvalue weighted by Gasteiger charge is 2.12. The molecule has 20 heavy (non-hydrogen) atoms. The maximum atomic E-state index is 13.9. The fraction of sp³-hybridized carbons (Fsp3) is 0.286. The van der Waals surface area contributed by atoms with Crippen molar-refractivity contribution in [2.75, 3.05) is 17.2 Å². The average molecular weight is 278 g/mol. The molecule has 0 saturated heterocycles. The molecule has 0 aliphatic rings. The Balaban J connectivity index is 2.24. The van der Waals surface area contributed by atoms with Gasteiger partial charge in [-0.05, 0) is 25.0 Å². The number of aromatic nitrogens is 2. The monoisotopic (exact) mass is 278 g/mol. The molecule has 2 aromatic rings. The van der Waals surface area contributed by atoms with Gasteiger partial charge in [0.05, 0.1) is 12.4 Å². The van der Waals surface area contributed by atoms with Crippen LogP contribution in [0.5, 0.6) is 0 Å². The highest BCUT2D eigenvalue weighted by Crippen LogP contribution is 2.24. The first-order chi connectivity index (χ1) is 9.61. The van der Waals surface area contributed by atoms with Crippen LogP contribution in [0.2, 0.25) is 0 Å². The van der Waals surface area contributed by atoms with Gasteiger partial charge >= 0.3 is 0 Å². The lowest BCUT2D eigenvalue weighted by molar-refractivity contribution is 0.584. The van der Waals surface area contributed by atoms with E-state index < -0.39 is 11.6 Å². The minimum absolute atomic E-state index is 0.216. The summed E-state index contributed by atoms with van der Waals surface area (Å²) in [6.07, 6.45) is 3.92. The third-order valence-corrected chi connectivity index (χ3v) is 2.73. The molecule has 0 aliphatic carbocycles. The van der Waals surface area contributed by atoms with E-state index in [0.29, 0.717) is 11.4 Å². The fourth-order valence-electron chi connectivity index (χ4n) is 1.66. The molecule has 106 valence electrons. The molecular weight excluding hydrogens is 262 g/mol. The molecule has 2 N–H and O–H groups in total. The molecule has 0 saturated carbocycles. The second-order valence-corrected chi connectivity index (χ2v) is 4.39. The number of hydrogen-bond donors (Lipinski definition) is 2. The Kier molecular flexibility index (Phi) is 4.45. The molecule has 1 heterocycles. The summed E-state index contributed by atoms with van der Waals surface area (Å²) in [5.41, 5.74) is 0.147. The molecule has 0 radical (unpaired) electrons. The van der Waals surface area contributed by atoms with Crippen LogP contribution in [0.25, 0.3) is 0 Å². The standard InChI is InChI=1S/C14H16F2N4/c1-3-6-18-11-7-17-8-12(19-11)20-14-10(15)5-4-9(2)13(14)16/h4-5,7-8H,3,6H2,1-2H3,(H2,18,19,20). The van der Waals surface area contributed by atoms with Crippen LogP contribution in [0.15, 0.2) is 24.5 Å². The van der Waals surface area contributed by atoms with Gasteiger partial charge < -0.3 is 10.6 Å². The van der Waals surface area contributed by atoms with Gasteiger partial charge in [0.25, 0.3) is 0 Å². The predicted molar refractivity (Wildman–Crippen MR) is 75.2 cm³/mol. The van der Waals surface area contributed by atoms with Crippen LogP contribution >= 0.6 is 0 Å². The largest absolute Gasteiger partial charge is 0.369 e. The number of benzene rings is 1. The average Bonchev–Trinajstić information content (AvgIpc) is 2.46. The number of rotatable bonds is 5. The highest BCUT2D eigenvalue weighted by atomic mass is 19.1. The van der Waals surface area contributed by atoms with Crippen molar-refractivity contribution in [1.82, 2.24) is 9.97 Å². The lowest BCUT2D eigenvalue weighted by Gasteiger charge is -2.10. The van der Waals surface area contributed by atoms with Crippen molar-refractivity contribution in [2.45, 2.75) is 20.3 Å². The molecule has 0 spiro atoms. The summed E-state index contributed by atoms with van der Waals surface area (Å²) in [5, 5.41) is 5.69. The van der Waals surface area contributed by atoms with Crippen LogP contribution in [0.3, 0.4) is 0 Å². The number of anilines is 3. The minimum atomic E-state index is -0.665. The lowest BCUT2D eigenvalue weighted by atomic mass is 10.2. The van der Waals surface area contributed by atoms with Crippen molar-refractivity contribution in [3.63, 3.8) is 0 Å². The van der Waals surface area contributed by atoms with Crippen LogP contribution in [0.4, 0.5) is 26.1 Å². The quantitative estimate of drug-likeness (QED) is 0.877. The van der Waals surface area contributed by atoms with E-state index in [-0.39, 0.29) is 11.5 Å². The van der Waals surface area contributed by atoms with Crippen molar-refractivity contribution in [1.29, 1.82) is 0 Å². The maximum Gasteiger partial charge on any atom is 0.152 e. The number of aryl methyl sites for hydroxylation is 1. The van der Waals surface area contributed by atoms with E-state index in [1.807, 2.05) is 6.92 Å². The molecule has 0 unspecified atom stereocenters. The van der Waals surface area contributed by atoms with E-state index in [1.165, 1.54) is 18.3 Å². The molecular formula is C14H16F2N4. The van der Waals surface area contributed by atoms with Crippen LogP contribution in [0, 0.1) is 18.6 Å². The summed E-state index contributed by atoms with van der Waals surface area (Å²) in [5.74, 6) is -0.444. The van der Waals surface area contributed by atoms with Crippen molar-refractivity contribution in [3.8, 4) is 0 Å². The normalized spacial score (nSPS) is 10.4. The van der Waals surface area contributed by atoms with Gasteiger partial charge in [-0.1, -0.05) is 13.0 Å². The van der Waals surface area contributed by atoms with E-state index in [0.717, 1.165) is 13.0 Å². The minimum Gasteiger partial charge on any atom is -0.369 e. The van der Waals surface area contributed by atoms with Gasteiger partial charge in [0.2, 0.25) is 0 Å². The number of halogens is 2. The van der Waals surface area contributed by atoms with Crippen molar-refractivity contribution in [3.05, 3.63) is 41.7 Å². The molecule has 0 bridgehead atoms. The summed E-state index contributed by atoms with van der Waals surface area (Å²) < 4.78 is 27.5. The zero-order valence-electron chi connectivity index (χ0n) is 11.4. The molecule has 4 nitrogen and oxygen atoms in total. The van der Waals surface area contributed by atoms with E-state index in [9.17, 15) is 8.78 Å². The Bertz CT molecular complexity index is 602. The van der Waals surface area contributed by atoms with Crippen LogP contribution in [-0.2, 0) is 0 Å². The Morgan fingerprint density at radius 2 is 1.90 bits per heavy atom. The van der Waals surface area contributed by atoms with Gasteiger partial charge in [0, 0.05) is 6.54 Å². The van der Waals surface area contributed by atoms with Crippen LogP contribution < -0.4 is 10.6 Å². The summed E-state index contributed by atoms with van der Waals surface area (Å²) in [7, 11) is 0. The van der Waals surface area contributed by atoms with Crippen LogP contribution in [0.1, 0.15) is 18.9 Å². The Hall–Kier alpha value is -2.24. The summed E-state index contributed by atoms with van der Waals surface area (Å²) in [6.45, 7) is 4.36. The lowest BCUT2D eigenvalue weighted by Crippen LogP contribution is -2.05. The number of hydrogen-bond acceptors (Lipinski definition) is 4. The first-order valence-electron chi connectivity index (χ1n) is 6.39. The van der Waals surface area contributed by atoms with Gasteiger partial charge in [-0.25, -0.2) is 13.8 Å². The molecule has 0 fully saturated rings. The van der Waals surface area contributed by atoms with E-state index in [2.05, 4.69) is 20.6 Å². The SMILES string of the molecule is CCCNc1cncc(Nc2c(F)ccc(C)c2F)n1. The van der Waals surface area contributed by atoms with E-state index in [1.54, 1.807) is 13.1 Å². The van der Waals surface area contributed by atoms with Crippen LogP contribution in [-0.4, -0.2) is 16.5 Å². The number of nitrogens with zero attached hydrogens (tertiary/aromatic N) is 2. The Labute approximate surface area is 116 Å². The van der Waals surface area contributed by atoms with Crippen molar-refractivity contribution < 1.29 is 8.78 Å². The predicted octanol–water partition coefficient (Wildman–Crippen LogP) is 3.63. The molecule has 0 amide bonds. The molecule has 0 atom stereocenters. The van der Waals surface area contributed by atoms with E-state index >= 15 is 0 Å². The first-order valence-corrected chi connectivity index (χ1v) is 6.39. The van der Waals surface area contributed by atoms with Crippen molar-refractivity contribution in [2.24, 2.45) is 0 Å². The van der Waals surface area contributed by atoms with Gasteiger partial charge in [0.1, 0.15) is 17.3 Å². The van der Waals surface area contributed by atoms with Gasteiger partial charge in [0.15, 0.2) is 11.6 Å². The van der Waals surface area contributed by atoms with Crippen molar-refractivity contribution >= 4 is 17.3 Å². The van der Waals surface area contributed by atoms with Gasteiger partial charge in [-0.2, -0.15) is 0 Å². The Morgan fingerprint density at radius 3 is 2.65 bits per heavy atom. The molecule has 2 rings (SSSR count). The Morgan fingerprint density at radius 1 is 1.15 bits per heavy atom. The maximum absolute atomic E-state index is 13.9. The summed E-state index contributed by atoms with van der Waals surface area (Å²) in [6, 6.07) is 2.61. The second-order valence-electron chi connectivity index (χ2n) is 4.39. The summed E-state index contributed by atoms with van der Waals surface area (Å²) >= 11 is 0. The number of nitrogens with one attached hydrogen (secondary N) is 2. The molecule has 6 heteroatoms.